The molecule has 2 fully saturated rings. The summed E-state index contributed by atoms with van der Waals surface area (Å²) in [6.45, 7) is 1.20. The van der Waals surface area contributed by atoms with Crippen LogP contribution in [-0.2, 0) is 19.1 Å². The molecule has 1 aliphatic heterocycles. The summed E-state index contributed by atoms with van der Waals surface area (Å²) in [5.41, 5.74) is 0.420. The molecular formula is C19H23FN2O4. The number of methoxy groups -OCH3 is 1. The van der Waals surface area contributed by atoms with Gasteiger partial charge in [-0.2, -0.15) is 0 Å². The van der Waals surface area contributed by atoms with Crippen molar-refractivity contribution in [3.8, 4) is 0 Å². The SMILES string of the molecule is COC(=O)CCC(=O)N1CCC2(CC1)CC2C(=O)Nc1cccc(F)c1. The molecule has 1 aromatic carbocycles. The average molecular weight is 362 g/mol. The maximum absolute atomic E-state index is 13.2. The lowest BCUT2D eigenvalue weighted by atomic mass is 9.90. The Labute approximate surface area is 151 Å². The fourth-order valence-corrected chi connectivity index (χ4v) is 3.74. The Balaban J connectivity index is 1.47. The van der Waals surface area contributed by atoms with Gasteiger partial charge in [0, 0.05) is 31.1 Å². The van der Waals surface area contributed by atoms with Gasteiger partial charge in [-0.15, -0.1) is 0 Å². The van der Waals surface area contributed by atoms with E-state index in [2.05, 4.69) is 10.1 Å². The van der Waals surface area contributed by atoms with Crippen LogP contribution in [0.1, 0.15) is 32.1 Å². The summed E-state index contributed by atoms with van der Waals surface area (Å²) in [6, 6.07) is 5.86. The van der Waals surface area contributed by atoms with Crippen LogP contribution in [0.3, 0.4) is 0 Å². The number of ether oxygens (including phenoxy) is 1. The first-order valence-electron chi connectivity index (χ1n) is 8.84. The lowest BCUT2D eigenvalue weighted by Gasteiger charge is -2.33. The number of hydrogen-bond donors (Lipinski definition) is 1. The number of benzene rings is 1. The number of hydrogen-bond acceptors (Lipinski definition) is 4. The second-order valence-corrected chi connectivity index (χ2v) is 7.08. The topological polar surface area (TPSA) is 75.7 Å². The lowest BCUT2D eigenvalue weighted by Crippen LogP contribution is -2.40. The molecule has 1 aliphatic carbocycles. The normalized spacial score (nSPS) is 20.5. The van der Waals surface area contributed by atoms with Gasteiger partial charge in [-0.1, -0.05) is 6.07 Å². The van der Waals surface area contributed by atoms with E-state index in [9.17, 15) is 18.8 Å². The van der Waals surface area contributed by atoms with E-state index in [1.54, 1.807) is 17.0 Å². The number of anilines is 1. The van der Waals surface area contributed by atoms with E-state index in [0.717, 1.165) is 19.3 Å². The fraction of sp³-hybridized carbons (Fsp3) is 0.526. The quantitative estimate of drug-likeness (QED) is 0.816. The number of rotatable bonds is 5. The number of carbonyl (C=O) groups excluding carboxylic acids is 3. The molecule has 1 heterocycles. The highest BCUT2D eigenvalue weighted by molar-refractivity contribution is 5.95. The molecule has 1 aromatic rings. The molecular weight excluding hydrogens is 339 g/mol. The third kappa shape index (κ3) is 4.03. The molecule has 6 nitrogen and oxygen atoms in total. The van der Waals surface area contributed by atoms with Gasteiger partial charge in [0.05, 0.1) is 13.5 Å². The molecule has 1 saturated carbocycles. The molecule has 0 radical (unpaired) electrons. The maximum Gasteiger partial charge on any atom is 0.306 e. The van der Waals surface area contributed by atoms with Gasteiger partial charge in [0.25, 0.3) is 0 Å². The smallest absolute Gasteiger partial charge is 0.306 e. The van der Waals surface area contributed by atoms with Crippen molar-refractivity contribution in [1.82, 2.24) is 4.90 Å². The molecule has 2 amide bonds. The summed E-state index contributed by atoms with van der Waals surface area (Å²) < 4.78 is 17.8. The maximum atomic E-state index is 13.2. The summed E-state index contributed by atoms with van der Waals surface area (Å²) in [5.74, 6) is -0.985. The molecule has 1 N–H and O–H groups in total. The Morgan fingerprint density at radius 1 is 1.27 bits per heavy atom. The van der Waals surface area contributed by atoms with Crippen LogP contribution in [-0.4, -0.2) is 42.9 Å². The molecule has 3 rings (SSSR count). The average Bonchev–Trinajstić information content (AvgIpc) is 3.33. The van der Waals surface area contributed by atoms with Gasteiger partial charge in [0.1, 0.15) is 5.82 Å². The van der Waals surface area contributed by atoms with Crippen molar-refractivity contribution >= 4 is 23.5 Å². The number of nitrogens with zero attached hydrogens (tertiary/aromatic N) is 1. The van der Waals surface area contributed by atoms with Crippen LogP contribution in [0.15, 0.2) is 24.3 Å². The first-order chi connectivity index (χ1) is 12.4. The van der Waals surface area contributed by atoms with E-state index < -0.39 is 0 Å². The number of halogens is 1. The molecule has 0 aromatic heterocycles. The van der Waals surface area contributed by atoms with Crippen molar-refractivity contribution in [2.24, 2.45) is 11.3 Å². The van der Waals surface area contributed by atoms with E-state index in [1.807, 2.05) is 0 Å². The van der Waals surface area contributed by atoms with Gasteiger partial charge < -0.3 is 15.0 Å². The molecule has 140 valence electrons. The van der Waals surface area contributed by atoms with Crippen LogP contribution in [0.2, 0.25) is 0 Å². The molecule has 1 unspecified atom stereocenters. The molecule has 26 heavy (non-hydrogen) atoms. The van der Waals surface area contributed by atoms with Gasteiger partial charge in [-0.3, -0.25) is 14.4 Å². The van der Waals surface area contributed by atoms with E-state index in [1.165, 1.54) is 19.2 Å². The van der Waals surface area contributed by atoms with Gasteiger partial charge in [-0.25, -0.2) is 4.39 Å². The monoisotopic (exact) mass is 362 g/mol. The Bertz CT molecular complexity index is 713. The zero-order chi connectivity index (χ0) is 18.7. The minimum Gasteiger partial charge on any atom is -0.469 e. The third-order valence-corrected chi connectivity index (χ3v) is 5.48. The lowest BCUT2D eigenvalue weighted by molar-refractivity contribution is -0.144. The Morgan fingerprint density at radius 3 is 2.65 bits per heavy atom. The van der Waals surface area contributed by atoms with Gasteiger partial charge in [0.15, 0.2) is 0 Å². The summed E-state index contributed by atoms with van der Waals surface area (Å²) in [5, 5.41) is 2.78. The second kappa shape index (κ2) is 7.43. The highest BCUT2D eigenvalue weighted by atomic mass is 19.1. The zero-order valence-corrected chi connectivity index (χ0v) is 14.8. The minimum absolute atomic E-state index is 0.0451. The molecule has 1 atom stereocenters. The van der Waals surface area contributed by atoms with Gasteiger partial charge >= 0.3 is 5.97 Å². The summed E-state index contributed by atoms with van der Waals surface area (Å²) in [6.07, 6.45) is 2.60. The number of likely N-dealkylation sites (tertiary alicyclic amines) is 1. The number of amides is 2. The van der Waals surface area contributed by atoms with Crippen molar-refractivity contribution in [2.75, 3.05) is 25.5 Å². The van der Waals surface area contributed by atoms with Gasteiger partial charge in [-0.05, 0) is 42.9 Å². The number of piperidine rings is 1. The van der Waals surface area contributed by atoms with Crippen molar-refractivity contribution < 1.29 is 23.5 Å². The van der Waals surface area contributed by atoms with Gasteiger partial charge in [0.2, 0.25) is 11.8 Å². The molecule has 7 heteroatoms. The van der Waals surface area contributed by atoms with Crippen LogP contribution in [0.4, 0.5) is 10.1 Å². The second-order valence-electron chi connectivity index (χ2n) is 7.08. The third-order valence-electron chi connectivity index (χ3n) is 5.48. The summed E-state index contributed by atoms with van der Waals surface area (Å²) in [7, 11) is 1.31. The molecule has 1 saturated heterocycles. The zero-order valence-electron chi connectivity index (χ0n) is 14.8. The van der Waals surface area contributed by atoms with Crippen LogP contribution in [0.5, 0.6) is 0 Å². The van der Waals surface area contributed by atoms with Crippen LogP contribution in [0.25, 0.3) is 0 Å². The molecule has 0 bridgehead atoms. The number of esters is 1. The van der Waals surface area contributed by atoms with Crippen molar-refractivity contribution in [3.05, 3.63) is 30.1 Å². The highest BCUT2D eigenvalue weighted by Gasteiger charge is 2.58. The Morgan fingerprint density at radius 2 is 2.00 bits per heavy atom. The van der Waals surface area contributed by atoms with E-state index in [0.29, 0.717) is 18.8 Å². The highest BCUT2D eigenvalue weighted by Crippen LogP contribution is 2.59. The predicted molar refractivity (Wildman–Crippen MR) is 92.6 cm³/mol. The van der Waals surface area contributed by atoms with Crippen molar-refractivity contribution in [3.63, 3.8) is 0 Å². The minimum atomic E-state index is -0.386. The molecule has 2 aliphatic rings. The number of nitrogens with one attached hydrogen (secondary N) is 1. The fourth-order valence-electron chi connectivity index (χ4n) is 3.74. The Hall–Kier alpha value is -2.44. The van der Waals surface area contributed by atoms with Crippen LogP contribution >= 0.6 is 0 Å². The van der Waals surface area contributed by atoms with Crippen LogP contribution < -0.4 is 5.32 Å². The number of carbonyl (C=O) groups is 3. The van der Waals surface area contributed by atoms with E-state index >= 15 is 0 Å². The summed E-state index contributed by atoms with van der Waals surface area (Å²) in [4.78, 5) is 37.5. The van der Waals surface area contributed by atoms with Crippen molar-refractivity contribution in [2.45, 2.75) is 32.1 Å². The van der Waals surface area contributed by atoms with Crippen LogP contribution in [0, 0.1) is 17.2 Å². The summed E-state index contributed by atoms with van der Waals surface area (Å²) >= 11 is 0. The molecule has 1 spiro atoms. The Kier molecular flexibility index (Phi) is 5.25. The largest absolute Gasteiger partial charge is 0.469 e. The van der Waals surface area contributed by atoms with E-state index in [4.69, 9.17) is 0 Å². The first-order valence-corrected chi connectivity index (χ1v) is 8.84. The predicted octanol–water partition coefficient (Wildman–Crippen LogP) is 2.35. The standard InChI is InChI=1S/C19H23FN2O4/c1-26-17(24)6-5-16(23)22-9-7-19(8-10-22)12-15(19)18(25)21-14-4-2-3-13(20)11-14/h2-4,11,15H,5-10,12H2,1H3,(H,21,25). The van der Waals surface area contributed by atoms with Crippen molar-refractivity contribution in [1.29, 1.82) is 0 Å². The van der Waals surface area contributed by atoms with E-state index in [-0.39, 0.29) is 47.8 Å². The first kappa shape index (κ1) is 18.4.